The number of carbonyl (C=O) groups excluding carboxylic acids is 1. The van der Waals surface area contributed by atoms with Crippen LogP contribution in [0.5, 0.6) is 0 Å². The Kier molecular flexibility index (Phi) is 1.97. The van der Waals surface area contributed by atoms with E-state index in [2.05, 4.69) is 6.58 Å². The SMILES string of the molecule is C=C1COC(C=O)OC1. The number of carbonyl (C=O) groups is 1. The molecule has 0 aromatic heterocycles. The zero-order valence-corrected chi connectivity index (χ0v) is 5.00. The largest absolute Gasteiger partial charge is 0.342 e. The predicted octanol–water partition coefficient (Wildman–Crippen LogP) is 0.114. The average Bonchev–Trinajstić information content (AvgIpc) is 1.90. The van der Waals surface area contributed by atoms with Crippen molar-refractivity contribution in [3.63, 3.8) is 0 Å². The molecular weight excluding hydrogens is 120 g/mol. The summed E-state index contributed by atoms with van der Waals surface area (Å²) in [5.41, 5.74) is 0.869. The Labute approximate surface area is 53.3 Å². The third-order valence-electron chi connectivity index (χ3n) is 1.01. The van der Waals surface area contributed by atoms with Crippen molar-refractivity contribution in [3.8, 4) is 0 Å². The Balaban J connectivity index is 2.34. The van der Waals surface area contributed by atoms with Crippen LogP contribution in [0.1, 0.15) is 0 Å². The molecule has 1 rings (SSSR count). The molecule has 0 aromatic rings. The quantitative estimate of drug-likeness (QED) is 0.371. The standard InChI is InChI=1S/C6H8O3/c1-5-3-8-6(2-7)9-4-5/h2,6H,1,3-4H2. The van der Waals surface area contributed by atoms with Crippen LogP contribution < -0.4 is 0 Å². The van der Waals surface area contributed by atoms with Gasteiger partial charge in [-0.15, -0.1) is 0 Å². The van der Waals surface area contributed by atoms with Crippen LogP contribution in [0, 0.1) is 0 Å². The van der Waals surface area contributed by atoms with E-state index in [1.165, 1.54) is 0 Å². The van der Waals surface area contributed by atoms with Gasteiger partial charge in [-0.25, -0.2) is 0 Å². The van der Waals surface area contributed by atoms with Crippen molar-refractivity contribution in [1.29, 1.82) is 0 Å². The molecule has 3 heteroatoms. The molecule has 0 unspecified atom stereocenters. The summed E-state index contributed by atoms with van der Waals surface area (Å²) in [6.45, 7) is 4.48. The van der Waals surface area contributed by atoms with Crippen LogP contribution in [-0.4, -0.2) is 25.8 Å². The summed E-state index contributed by atoms with van der Waals surface area (Å²) in [4.78, 5) is 9.99. The van der Waals surface area contributed by atoms with E-state index in [1.54, 1.807) is 0 Å². The Morgan fingerprint density at radius 1 is 1.56 bits per heavy atom. The van der Waals surface area contributed by atoms with Gasteiger partial charge in [0.1, 0.15) is 0 Å². The van der Waals surface area contributed by atoms with Crippen molar-refractivity contribution in [2.45, 2.75) is 6.29 Å². The highest BCUT2D eigenvalue weighted by atomic mass is 16.7. The molecule has 50 valence electrons. The van der Waals surface area contributed by atoms with Crippen molar-refractivity contribution in [2.75, 3.05) is 13.2 Å². The fraction of sp³-hybridized carbons (Fsp3) is 0.500. The summed E-state index contributed by atoms with van der Waals surface area (Å²) in [6.07, 6.45) is -0.0394. The second-order valence-electron chi connectivity index (χ2n) is 1.88. The van der Waals surface area contributed by atoms with Crippen molar-refractivity contribution in [3.05, 3.63) is 12.2 Å². The molecule has 0 atom stereocenters. The minimum atomic E-state index is -0.671. The van der Waals surface area contributed by atoms with E-state index in [0.29, 0.717) is 19.5 Å². The zero-order chi connectivity index (χ0) is 6.69. The second kappa shape index (κ2) is 2.75. The van der Waals surface area contributed by atoms with Gasteiger partial charge in [-0.2, -0.15) is 0 Å². The first-order valence-electron chi connectivity index (χ1n) is 2.68. The summed E-state index contributed by atoms with van der Waals surface area (Å²) >= 11 is 0. The molecule has 0 bridgehead atoms. The molecule has 9 heavy (non-hydrogen) atoms. The van der Waals surface area contributed by atoms with Gasteiger partial charge in [0.25, 0.3) is 0 Å². The van der Waals surface area contributed by atoms with Crippen LogP contribution in [-0.2, 0) is 14.3 Å². The Morgan fingerprint density at radius 2 is 2.11 bits per heavy atom. The summed E-state index contributed by atoms with van der Waals surface area (Å²) in [5, 5.41) is 0. The van der Waals surface area contributed by atoms with Gasteiger partial charge in [0, 0.05) is 0 Å². The van der Waals surface area contributed by atoms with Gasteiger partial charge in [-0.05, 0) is 5.57 Å². The Hall–Kier alpha value is -0.670. The summed E-state index contributed by atoms with van der Waals surface area (Å²) in [6, 6.07) is 0. The Morgan fingerprint density at radius 3 is 2.56 bits per heavy atom. The van der Waals surface area contributed by atoms with Crippen LogP contribution >= 0.6 is 0 Å². The maximum atomic E-state index is 9.99. The van der Waals surface area contributed by atoms with Gasteiger partial charge in [-0.3, -0.25) is 4.79 Å². The fourth-order valence-corrected chi connectivity index (χ4v) is 0.568. The second-order valence-corrected chi connectivity index (χ2v) is 1.88. The van der Waals surface area contributed by atoms with E-state index < -0.39 is 6.29 Å². The molecule has 1 heterocycles. The van der Waals surface area contributed by atoms with Gasteiger partial charge in [-0.1, -0.05) is 6.58 Å². The third kappa shape index (κ3) is 1.62. The molecule has 0 amide bonds. The average molecular weight is 128 g/mol. The highest BCUT2D eigenvalue weighted by Gasteiger charge is 2.13. The molecular formula is C6H8O3. The zero-order valence-electron chi connectivity index (χ0n) is 5.00. The molecule has 3 nitrogen and oxygen atoms in total. The van der Waals surface area contributed by atoms with E-state index in [1.807, 2.05) is 0 Å². The van der Waals surface area contributed by atoms with E-state index >= 15 is 0 Å². The fourth-order valence-electron chi connectivity index (χ4n) is 0.568. The van der Waals surface area contributed by atoms with E-state index in [-0.39, 0.29) is 0 Å². The van der Waals surface area contributed by atoms with Crippen molar-refractivity contribution < 1.29 is 14.3 Å². The molecule has 1 aliphatic rings. The first-order valence-corrected chi connectivity index (χ1v) is 2.68. The van der Waals surface area contributed by atoms with Gasteiger partial charge < -0.3 is 9.47 Å². The molecule has 0 N–H and O–H groups in total. The first-order chi connectivity index (χ1) is 4.33. The lowest BCUT2D eigenvalue weighted by atomic mass is 10.3. The lowest BCUT2D eigenvalue weighted by Gasteiger charge is -2.19. The van der Waals surface area contributed by atoms with Crippen LogP contribution in [0.2, 0.25) is 0 Å². The topological polar surface area (TPSA) is 35.5 Å². The molecule has 0 radical (unpaired) electrons. The molecule has 1 fully saturated rings. The molecule has 0 saturated carbocycles. The highest BCUT2D eigenvalue weighted by Crippen LogP contribution is 2.05. The number of ether oxygens (including phenoxy) is 2. The maximum absolute atomic E-state index is 9.99. The molecule has 0 aliphatic carbocycles. The molecule has 0 aromatic carbocycles. The highest BCUT2D eigenvalue weighted by molar-refractivity contribution is 5.54. The van der Waals surface area contributed by atoms with Gasteiger partial charge in [0.2, 0.25) is 6.29 Å². The van der Waals surface area contributed by atoms with E-state index in [9.17, 15) is 4.79 Å². The molecule has 1 saturated heterocycles. The Bertz CT molecular complexity index is 120. The van der Waals surface area contributed by atoms with Crippen molar-refractivity contribution in [1.82, 2.24) is 0 Å². The van der Waals surface area contributed by atoms with E-state index in [0.717, 1.165) is 5.57 Å². The minimum Gasteiger partial charge on any atom is -0.342 e. The molecule has 1 aliphatic heterocycles. The minimum absolute atomic E-state index is 0.434. The van der Waals surface area contributed by atoms with Gasteiger partial charge in [0.15, 0.2) is 6.29 Å². The number of rotatable bonds is 1. The third-order valence-corrected chi connectivity index (χ3v) is 1.01. The number of hydrogen-bond acceptors (Lipinski definition) is 3. The van der Waals surface area contributed by atoms with Crippen LogP contribution in [0.15, 0.2) is 12.2 Å². The molecule has 0 spiro atoms. The lowest BCUT2D eigenvalue weighted by molar-refractivity contribution is -0.164. The van der Waals surface area contributed by atoms with Crippen LogP contribution in [0.4, 0.5) is 0 Å². The lowest BCUT2D eigenvalue weighted by Crippen LogP contribution is -2.27. The number of hydrogen-bond donors (Lipinski definition) is 0. The summed E-state index contributed by atoms with van der Waals surface area (Å²) < 4.78 is 9.70. The van der Waals surface area contributed by atoms with E-state index in [4.69, 9.17) is 9.47 Å². The van der Waals surface area contributed by atoms with Gasteiger partial charge in [0.05, 0.1) is 13.2 Å². The normalized spacial score (nSPS) is 22.0. The summed E-state index contributed by atoms with van der Waals surface area (Å²) in [5.74, 6) is 0. The predicted molar refractivity (Wildman–Crippen MR) is 30.9 cm³/mol. The summed E-state index contributed by atoms with van der Waals surface area (Å²) in [7, 11) is 0. The van der Waals surface area contributed by atoms with Crippen molar-refractivity contribution in [2.24, 2.45) is 0 Å². The number of aldehydes is 1. The smallest absolute Gasteiger partial charge is 0.215 e. The van der Waals surface area contributed by atoms with Crippen molar-refractivity contribution >= 4 is 6.29 Å². The maximum Gasteiger partial charge on any atom is 0.215 e. The monoisotopic (exact) mass is 128 g/mol. The van der Waals surface area contributed by atoms with Crippen LogP contribution in [0.3, 0.4) is 0 Å². The first kappa shape index (κ1) is 6.45. The van der Waals surface area contributed by atoms with Crippen LogP contribution in [0.25, 0.3) is 0 Å². The van der Waals surface area contributed by atoms with Gasteiger partial charge >= 0.3 is 0 Å².